The summed E-state index contributed by atoms with van der Waals surface area (Å²) in [5.41, 5.74) is 1.30. The highest BCUT2D eigenvalue weighted by atomic mass is 19.4. The van der Waals surface area contributed by atoms with E-state index in [0.717, 1.165) is 63.3 Å². The molecule has 4 heterocycles. The summed E-state index contributed by atoms with van der Waals surface area (Å²) in [7, 11) is 1.92. The lowest BCUT2D eigenvalue weighted by Crippen LogP contribution is -2.43. The summed E-state index contributed by atoms with van der Waals surface area (Å²) in [4.78, 5) is 17.5. The van der Waals surface area contributed by atoms with Crippen LogP contribution >= 0.6 is 0 Å². The fourth-order valence-electron chi connectivity index (χ4n) is 7.89. The molecule has 0 radical (unpaired) electrons. The highest BCUT2D eigenvalue weighted by molar-refractivity contribution is 6.10. The van der Waals surface area contributed by atoms with E-state index in [4.69, 9.17) is 0 Å². The van der Waals surface area contributed by atoms with Crippen LogP contribution in [0.15, 0.2) is 42.7 Å². The zero-order valence-corrected chi connectivity index (χ0v) is 24.6. The van der Waals surface area contributed by atoms with Crippen molar-refractivity contribution in [3.05, 3.63) is 76.4 Å². The van der Waals surface area contributed by atoms with Crippen LogP contribution in [0.3, 0.4) is 0 Å². The molecule has 43 heavy (non-hydrogen) atoms. The number of nitrogens with zero attached hydrogens (tertiary/aromatic N) is 5. The van der Waals surface area contributed by atoms with E-state index in [0.29, 0.717) is 35.8 Å². The summed E-state index contributed by atoms with van der Waals surface area (Å²) in [6.45, 7) is 6.05. The molecule has 8 nitrogen and oxygen atoms in total. The van der Waals surface area contributed by atoms with Crippen molar-refractivity contribution >= 4 is 11.6 Å². The van der Waals surface area contributed by atoms with E-state index in [1.807, 2.05) is 35.9 Å². The van der Waals surface area contributed by atoms with Gasteiger partial charge < -0.3 is 20.1 Å². The van der Waals surface area contributed by atoms with Crippen LogP contribution in [-0.4, -0.2) is 63.8 Å². The molecule has 1 amide bonds. The van der Waals surface area contributed by atoms with E-state index in [1.165, 1.54) is 11.0 Å². The van der Waals surface area contributed by atoms with Crippen molar-refractivity contribution in [2.24, 2.45) is 13.0 Å². The van der Waals surface area contributed by atoms with Gasteiger partial charge >= 0.3 is 6.18 Å². The third-order valence-corrected chi connectivity index (χ3v) is 9.86. The molecule has 2 N–H and O–H groups in total. The normalized spacial score (nSPS) is 27.6. The lowest BCUT2D eigenvalue weighted by atomic mass is 9.58. The molecule has 3 aromatic rings. The maximum absolute atomic E-state index is 14.4. The van der Waals surface area contributed by atoms with Crippen molar-refractivity contribution in [2.45, 2.75) is 69.4 Å². The first-order valence-corrected chi connectivity index (χ1v) is 15.3. The third-order valence-electron chi connectivity index (χ3n) is 9.86. The second kappa shape index (κ2) is 10.7. The van der Waals surface area contributed by atoms with E-state index >= 15 is 0 Å². The van der Waals surface area contributed by atoms with Gasteiger partial charge in [0.1, 0.15) is 12.2 Å². The smallest absolute Gasteiger partial charge is 0.320 e. The molecular weight excluding hydrogens is 555 g/mol. The molecule has 3 aliphatic heterocycles. The number of fused-ring (bicyclic) bond motifs is 1. The number of likely N-dealkylation sites (tertiary alicyclic amines) is 1. The second-order valence-corrected chi connectivity index (χ2v) is 13.0. The Morgan fingerprint density at radius 2 is 1.98 bits per heavy atom. The van der Waals surface area contributed by atoms with E-state index in [1.54, 1.807) is 12.4 Å². The highest BCUT2D eigenvalue weighted by Gasteiger charge is 2.48. The SMILES string of the molecule is CC1CC(c2cccc(N3Cc4c(cc(CN5CC[C@@H](N[C@H]6CCNC6)C5)cc4C(F)(F)F)C3=O)c2)(c2nncn2C)C1. The van der Waals surface area contributed by atoms with Crippen molar-refractivity contribution in [3.63, 3.8) is 0 Å². The van der Waals surface area contributed by atoms with Crippen LogP contribution in [-0.2, 0) is 31.7 Å². The summed E-state index contributed by atoms with van der Waals surface area (Å²) < 4.78 is 45.2. The van der Waals surface area contributed by atoms with Crippen molar-refractivity contribution in [1.82, 2.24) is 30.3 Å². The van der Waals surface area contributed by atoms with Gasteiger partial charge in [0.2, 0.25) is 0 Å². The van der Waals surface area contributed by atoms with Crippen molar-refractivity contribution in [2.75, 3.05) is 31.1 Å². The van der Waals surface area contributed by atoms with E-state index in [2.05, 4.69) is 32.7 Å². The number of hydrogen-bond acceptors (Lipinski definition) is 6. The second-order valence-electron chi connectivity index (χ2n) is 13.0. The Morgan fingerprint density at radius 1 is 1.14 bits per heavy atom. The highest BCUT2D eigenvalue weighted by Crippen LogP contribution is 2.52. The molecule has 11 heteroatoms. The number of halogens is 3. The predicted molar refractivity (Wildman–Crippen MR) is 157 cm³/mol. The zero-order valence-electron chi connectivity index (χ0n) is 24.6. The molecule has 4 aliphatic rings. The molecule has 2 aromatic carbocycles. The Hall–Kier alpha value is -3.28. The average Bonchev–Trinajstić information content (AvgIpc) is 3.76. The molecule has 2 saturated heterocycles. The van der Waals surface area contributed by atoms with Crippen LogP contribution in [0.1, 0.15) is 71.0 Å². The van der Waals surface area contributed by atoms with Gasteiger partial charge in [-0.05, 0) is 79.1 Å². The lowest BCUT2D eigenvalue weighted by Gasteiger charge is -2.46. The Morgan fingerprint density at radius 3 is 2.67 bits per heavy atom. The number of aryl methyl sites for hydroxylation is 1. The lowest BCUT2D eigenvalue weighted by molar-refractivity contribution is -0.138. The first kappa shape index (κ1) is 28.5. The fourth-order valence-corrected chi connectivity index (χ4v) is 7.89. The molecule has 0 spiro atoms. The quantitative estimate of drug-likeness (QED) is 0.427. The number of amides is 1. The van der Waals surface area contributed by atoms with Gasteiger partial charge in [-0.15, -0.1) is 10.2 Å². The molecule has 1 aliphatic carbocycles. The van der Waals surface area contributed by atoms with E-state index < -0.39 is 11.7 Å². The molecule has 7 rings (SSSR count). The first-order chi connectivity index (χ1) is 20.6. The van der Waals surface area contributed by atoms with Crippen molar-refractivity contribution in [3.8, 4) is 0 Å². The summed E-state index contributed by atoms with van der Waals surface area (Å²) >= 11 is 0. The summed E-state index contributed by atoms with van der Waals surface area (Å²) in [6.07, 6.45) is 0.975. The molecule has 1 saturated carbocycles. The molecule has 228 valence electrons. The van der Waals surface area contributed by atoms with Gasteiger partial charge in [-0.25, -0.2) is 0 Å². The van der Waals surface area contributed by atoms with Gasteiger partial charge in [0, 0.05) is 56.6 Å². The van der Waals surface area contributed by atoms with Crippen molar-refractivity contribution in [1.29, 1.82) is 0 Å². The predicted octanol–water partition coefficient (Wildman–Crippen LogP) is 4.24. The van der Waals surface area contributed by atoms with Crippen LogP contribution in [0, 0.1) is 5.92 Å². The number of alkyl halides is 3. The number of nitrogens with one attached hydrogen (secondary N) is 2. The first-order valence-electron chi connectivity index (χ1n) is 15.3. The van der Waals surface area contributed by atoms with E-state index in [-0.39, 0.29) is 29.0 Å². The Bertz CT molecular complexity index is 1520. The number of anilines is 1. The number of rotatable bonds is 7. The number of carbonyl (C=O) groups is 1. The number of hydrogen-bond donors (Lipinski definition) is 2. The minimum atomic E-state index is -4.56. The summed E-state index contributed by atoms with van der Waals surface area (Å²) in [5, 5.41) is 15.6. The largest absolute Gasteiger partial charge is 0.416 e. The van der Waals surface area contributed by atoms with E-state index in [9.17, 15) is 18.0 Å². The molecule has 1 aromatic heterocycles. The topological polar surface area (TPSA) is 78.3 Å². The van der Waals surface area contributed by atoms with Crippen LogP contribution in [0.4, 0.5) is 18.9 Å². The standard InChI is InChI=1S/C32H38F3N7O/c1-20-13-31(14-20,30-39-37-19-40(30)2)22-4-3-5-25(12-22)42-18-27-26(29(42)43)10-21(11-28(27)32(33,34)35)16-41-9-7-24(17-41)38-23-6-8-36-15-23/h3-5,10-12,19-20,23-24,36,38H,6-9,13-18H2,1-2H3/t20?,23-,24+,31?/m0/s1. The molecule has 3 fully saturated rings. The number of carbonyl (C=O) groups excluding carboxylic acids is 1. The number of aromatic nitrogens is 3. The van der Waals surface area contributed by atoms with Gasteiger partial charge in [0.05, 0.1) is 17.5 Å². The Balaban J connectivity index is 1.15. The van der Waals surface area contributed by atoms with Crippen LogP contribution in [0.25, 0.3) is 0 Å². The van der Waals surface area contributed by atoms with Gasteiger partial charge in [-0.1, -0.05) is 19.1 Å². The summed E-state index contributed by atoms with van der Waals surface area (Å²) in [6, 6.07) is 11.4. The molecule has 0 unspecified atom stereocenters. The molecule has 0 bridgehead atoms. The van der Waals surface area contributed by atoms with Gasteiger partial charge in [0.15, 0.2) is 0 Å². The fraction of sp³-hybridized carbons (Fsp3) is 0.531. The van der Waals surface area contributed by atoms with Crippen molar-refractivity contribution < 1.29 is 18.0 Å². The average molecular weight is 594 g/mol. The Kier molecular flexibility index (Phi) is 7.10. The number of benzene rings is 2. The summed E-state index contributed by atoms with van der Waals surface area (Å²) in [5.74, 6) is 0.984. The van der Waals surface area contributed by atoms with Crippen LogP contribution in [0.5, 0.6) is 0 Å². The third kappa shape index (κ3) is 5.15. The zero-order chi connectivity index (χ0) is 29.9. The maximum atomic E-state index is 14.4. The van der Waals surface area contributed by atoms with Gasteiger partial charge in [-0.2, -0.15) is 13.2 Å². The Labute approximate surface area is 249 Å². The minimum Gasteiger partial charge on any atom is -0.320 e. The molecule has 2 atom stereocenters. The minimum absolute atomic E-state index is 0.0571. The van der Waals surface area contributed by atoms with Crippen LogP contribution in [0.2, 0.25) is 0 Å². The van der Waals surface area contributed by atoms with Gasteiger partial charge in [-0.3, -0.25) is 9.69 Å². The van der Waals surface area contributed by atoms with Crippen LogP contribution < -0.4 is 15.5 Å². The molecular formula is C32H38F3N7O. The van der Waals surface area contributed by atoms with Gasteiger partial charge in [0.25, 0.3) is 5.91 Å². The monoisotopic (exact) mass is 593 g/mol. The maximum Gasteiger partial charge on any atom is 0.416 e.